The van der Waals surface area contributed by atoms with Gasteiger partial charge in [0.15, 0.2) is 5.90 Å². The zero-order chi connectivity index (χ0) is 13.1. The molecule has 3 rings (SSSR count). The van der Waals surface area contributed by atoms with Gasteiger partial charge in [0, 0.05) is 11.4 Å². The van der Waals surface area contributed by atoms with Crippen molar-refractivity contribution in [3.63, 3.8) is 0 Å². The van der Waals surface area contributed by atoms with Crippen molar-refractivity contribution in [2.75, 3.05) is 19.6 Å². The van der Waals surface area contributed by atoms with Gasteiger partial charge in [0.1, 0.15) is 6.10 Å². The predicted octanol–water partition coefficient (Wildman–Crippen LogP) is 3.20. The highest BCUT2D eigenvalue weighted by Crippen LogP contribution is 2.27. The summed E-state index contributed by atoms with van der Waals surface area (Å²) in [7, 11) is 0. The van der Waals surface area contributed by atoms with Crippen molar-refractivity contribution in [1.82, 2.24) is 5.32 Å². The fraction of sp³-hybridized carbons (Fsp3) is 0.533. The van der Waals surface area contributed by atoms with Gasteiger partial charge in [-0.2, -0.15) is 0 Å². The lowest BCUT2D eigenvalue weighted by atomic mass is 9.95. The van der Waals surface area contributed by atoms with Crippen molar-refractivity contribution in [1.29, 1.82) is 0 Å². The highest BCUT2D eigenvalue weighted by Gasteiger charge is 2.24. The minimum absolute atomic E-state index is 0.0778. The molecule has 0 saturated carbocycles. The Morgan fingerprint density at radius 3 is 2.68 bits per heavy atom. The van der Waals surface area contributed by atoms with Crippen LogP contribution in [0.25, 0.3) is 0 Å². The van der Waals surface area contributed by atoms with Crippen LogP contribution in [-0.4, -0.2) is 25.5 Å². The van der Waals surface area contributed by atoms with Gasteiger partial charge in [-0.15, -0.1) is 0 Å². The van der Waals surface area contributed by atoms with Crippen LogP contribution in [0.5, 0.6) is 0 Å². The fourth-order valence-electron chi connectivity index (χ4n) is 2.72. The molecule has 0 aromatic heterocycles. The molecule has 1 N–H and O–H groups in total. The number of ether oxygens (including phenoxy) is 1. The van der Waals surface area contributed by atoms with Gasteiger partial charge >= 0.3 is 0 Å². The molecule has 3 nitrogen and oxygen atoms in total. The molecule has 2 aliphatic rings. The van der Waals surface area contributed by atoms with E-state index in [0.29, 0.717) is 0 Å². The molecule has 4 heteroatoms. The zero-order valence-corrected chi connectivity index (χ0v) is 11.7. The molecule has 1 aromatic rings. The minimum atomic E-state index is 0.0778. The smallest absolute Gasteiger partial charge is 0.184 e. The number of aliphatic imine (C=N–C) groups is 1. The number of halogens is 1. The van der Waals surface area contributed by atoms with E-state index >= 15 is 0 Å². The molecule has 102 valence electrons. The molecule has 0 bridgehead atoms. The first-order valence-corrected chi connectivity index (χ1v) is 7.35. The Balaban J connectivity index is 1.55. The minimum Gasteiger partial charge on any atom is -0.471 e. The van der Waals surface area contributed by atoms with Gasteiger partial charge < -0.3 is 10.1 Å². The monoisotopic (exact) mass is 278 g/mol. The highest BCUT2D eigenvalue weighted by atomic mass is 35.5. The van der Waals surface area contributed by atoms with Crippen molar-refractivity contribution in [2.45, 2.75) is 25.4 Å². The van der Waals surface area contributed by atoms with Crippen molar-refractivity contribution >= 4 is 17.5 Å². The van der Waals surface area contributed by atoms with Gasteiger partial charge in [-0.25, -0.2) is 0 Å². The van der Waals surface area contributed by atoms with Gasteiger partial charge in [-0.05, 0) is 49.5 Å². The van der Waals surface area contributed by atoms with Gasteiger partial charge in [0.25, 0.3) is 0 Å². The van der Waals surface area contributed by atoms with Crippen LogP contribution in [0.4, 0.5) is 0 Å². The standard InChI is InChI=1S/C15H19ClN2O/c16-13-3-1-12(2-4-13)14-10-18-15(19-14)9-11-5-7-17-8-6-11/h1-4,11,14,17H,5-10H2. The van der Waals surface area contributed by atoms with E-state index in [-0.39, 0.29) is 6.10 Å². The lowest BCUT2D eigenvalue weighted by molar-refractivity contribution is 0.216. The molecule has 0 amide bonds. The number of nitrogens with one attached hydrogen (secondary N) is 1. The van der Waals surface area contributed by atoms with Gasteiger partial charge in [0.05, 0.1) is 6.54 Å². The van der Waals surface area contributed by atoms with Crippen molar-refractivity contribution in [2.24, 2.45) is 10.9 Å². The summed E-state index contributed by atoms with van der Waals surface area (Å²) in [5, 5.41) is 4.15. The van der Waals surface area contributed by atoms with Crippen LogP contribution in [-0.2, 0) is 4.74 Å². The molecule has 0 radical (unpaired) electrons. The third kappa shape index (κ3) is 3.28. The van der Waals surface area contributed by atoms with E-state index in [1.165, 1.54) is 12.8 Å². The van der Waals surface area contributed by atoms with Crippen LogP contribution < -0.4 is 5.32 Å². The van der Waals surface area contributed by atoms with Crippen molar-refractivity contribution in [3.05, 3.63) is 34.9 Å². The Labute approximate surface area is 119 Å². The molecule has 0 aliphatic carbocycles. The van der Waals surface area contributed by atoms with E-state index in [1.807, 2.05) is 24.3 Å². The summed E-state index contributed by atoms with van der Waals surface area (Å²) in [6.45, 7) is 2.99. The van der Waals surface area contributed by atoms with Crippen LogP contribution >= 0.6 is 11.6 Å². The number of piperidine rings is 1. The van der Waals surface area contributed by atoms with Crippen LogP contribution in [0.1, 0.15) is 30.9 Å². The Kier molecular flexibility index (Phi) is 4.04. The van der Waals surface area contributed by atoms with E-state index in [1.54, 1.807) is 0 Å². The largest absolute Gasteiger partial charge is 0.471 e. The first-order chi connectivity index (χ1) is 9.31. The molecule has 2 aliphatic heterocycles. The second kappa shape index (κ2) is 5.93. The lowest BCUT2D eigenvalue weighted by Gasteiger charge is -2.22. The Hall–Kier alpha value is -1.06. The van der Waals surface area contributed by atoms with Crippen LogP contribution in [0.15, 0.2) is 29.3 Å². The maximum absolute atomic E-state index is 5.98. The summed E-state index contributed by atoms with van der Waals surface area (Å²) in [4.78, 5) is 4.55. The summed E-state index contributed by atoms with van der Waals surface area (Å²) in [6.07, 6.45) is 3.53. The summed E-state index contributed by atoms with van der Waals surface area (Å²) in [6, 6.07) is 7.86. The molecule has 1 atom stereocenters. The van der Waals surface area contributed by atoms with Gasteiger partial charge in [0.2, 0.25) is 0 Å². The third-order valence-electron chi connectivity index (χ3n) is 3.88. The summed E-state index contributed by atoms with van der Waals surface area (Å²) in [5.74, 6) is 1.66. The van der Waals surface area contributed by atoms with Crippen molar-refractivity contribution < 1.29 is 4.74 Å². The van der Waals surface area contributed by atoms with E-state index < -0.39 is 0 Å². The topological polar surface area (TPSA) is 33.6 Å². The van der Waals surface area contributed by atoms with E-state index in [9.17, 15) is 0 Å². The highest BCUT2D eigenvalue weighted by molar-refractivity contribution is 6.30. The number of nitrogens with zero attached hydrogens (tertiary/aromatic N) is 1. The van der Waals surface area contributed by atoms with E-state index in [4.69, 9.17) is 16.3 Å². The molecular formula is C15H19ClN2O. The molecule has 0 spiro atoms. The SMILES string of the molecule is Clc1ccc(C2CN=C(CC3CCNCC3)O2)cc1. The normalized spacial score (nSPS) is 24.1. The third-order valence-corrected chi connectivity index (χ3v) is 4.13. The number of hydrogen-bond acceptors (Lipinski definition) is 3. The Morgan fingerprint density at radius 2 is 1.95 bits per heavy atom. The second-order valence-corrected chi connectivity index (χ2v) is 5.73. The van der Waals surface area contributed by atoms with Crippen LogP contribution in [0.3, 0.4) is 0 Å². The molecule has 1 unspecified atom stereocenters. The Morgan fingerprint density at radius 1 is 1.21 bits per heavy atom. The van der Waals surface area contributed by atoms with Gasteiger partial charge in [-0.1, -0.05) is 23.7 Å². The summed E-state index contributed by atoms with van der Waals surface area (Å²) >= 11 is 5.90. The average molecular weight is 279 g/mol. The molecule has 2 heterocycles. The maximum atomic E-state index is 5.98. The zero-order valence-electron chi connectivity index (χ0n) is 10.9. The lowest BCUT2D eigenvalue weighted by Crippen LogP contribution is -2.29. The number of hydrogen-bond donors (Lipinski definition) is 1. The average Bonchev–Trinajstić information content (AvgIpc) is 2.89. The molecule has 1 aromatic carbocycles. The Bertz CT molecular complexity index is 452. The first kappa shape index (κ1) is 12.9. The summed E-state index contributed by atoms with van der Waals surface area (Å²) < 4.78 is 5.98. The molecule has 1 saturated heterocycles. The second-order valence-electron chi connectivity index (χ2n) is 5.29. The van der Waals surface area contributed by atoms with E-state index in [2.05, 4.69) is 10.3 Å². The summed E-state index contributed by atoms with van der Waals surface area (Å²) in [5.41, 5.74) is 1.16. The fourth-order valence-corrected chi connectivity index (χ4v) is 2.85. The predicted molar refractivity (Wildman–Crippen MR) is 77.8 cm³/mol. The van der Waals surface area contributed by atoms with Gasteiger partial charge in [-0.3, -0.25) is 4.99 Å². The number of rotatable bonds is 3. The molecule has 1 fully saturated rings. The quantitative estimate of drug-likeness (QED) is 0.921. The van der Waals surface area contributed by atoms with Crippen molar-refractivity contribution in [3.8, 4) is 0 Å². The number of benzene rings is 1. The van der Waals surface area contributed by atoms with Crippen LogP contribution in [0, 0.1) is 5.92 Å². The van der Waals surface area contributed by atoms with Crippen LogP contribution in [0.2, 0.25) is 5.02 Å². The van der Waals surface area contributed by atoms with E-state index in [0.717, 1.165) is 48.5 Å². The molecule has 19 heavy (non-hydrogen) atoms. The first-order valence-electron chi connectivity index (χ1n) is 6.97. The maximum Gasteiger partial charge on any atom is 0.184 e. The molecular weight excluding hydrogens is 260 g/mol.